The van der Waals surface area contributed by atoms with Gasteiger partial charge in [0.25, 0.3) is 5.91 Å². The molecule has 0 saturated heterocycles. The van der Waals surface area contributed by atoms with Gasteiger partial charge in [0.15, 0.2) is 5.01 Å². The van der Waals surface area contributed by atoms with Crippen molar-refractivity contribution in [1.29, 1.82) is 0 Å². The maximum Gasteiger partial charge on any atom is 0.313 e. The summed E-state index contributed by atoms with van der Waals surface area (Å²) in [7, 11) is 2.05. The Morgan fingerprint density at radius 1 is 1.10 bits per heavy atom. The second kappa shape index (κ2) is 9.33. The molecule has 4 rings (SSSR count). The predicted octanol–water partition coefficient (Wildman–Crippen LogP) is 2.19. The van der Waals surface area contributed by atoms with Crippen LogP contribution in [0.5, 0.6) is 0 Å². The highest BCUT2D eigenvalue weighted by molar-refractivity contribution is 7.13. The van der Waals surface area contributed by atoms with Gasteiger partial charge in [0.1, 0.15) is 0 Å². The molecule has 8 nitrogen and oxygen atoms in total. The van der Waals surface area contributed by atoms with Crippen molar-refractivity contribution in [2.75, 3.05) is 18.9 Å². The summed E-state index contributed by atoms with van der Waals surface area (Å²) in [4.78, 5) is 45.2. The van der Waals surface area contributed by atoms with Crippen molar-refractivity contribution in [3.63, 3.8) is 0 Å². The van der Waals surface area contributed by atoms with Gasteiger partial charge >= 0.3 is 11.8 Å². The van der Waals surface area contributed by atoms with Crippen molar-refractivity contribution >= 4 is 46.3 Å². The zero-order chi connectivity index (χ0) is 22.0. The molecule has 1 aliphatic heterocycles. The van der Waals surface area contributed by atoms with E-state index in [9.17, 15) is 14.4 Å². The monoisotopic (exact) mass is 461 g/mol. The number of fused-ring (bicyclic) bond motifs is 1. The summed E-state index contributed by atoms with van der Waals surface area (Å²) < 4.78 is 0. The van der Waals surface area contributed by atoms with E-state index in [-0.39, 0.29) is 18.0 Å². The summed E-state index contributed by atoms with van der Waals surface area (Å²) in [5.41, 5.74) is 1.49. The number of carbonyl (C=O) groups excluding carboxylic acids is 3. The SMILES string of the molecule is CN1CCc2nc(C(=O)N[C@@H]3CCC[C@H]3NC(=O)C(=O)Nc3ccc(Cl)cc3)sc2C1. The van der Waals surface area contributed by atoms with Crippen LogP contribution in [0, 0.1) is 0 Å². The lowest BCUT2D eigenvalue weighted by molar-refractivity contribution is -0.136. The van der Waals surface area contributed by atoms with Crippen LogP contribution in [0.1, 0.15) is 39.6 Å². The number of aromatic nitrogens is 1. The van der Waals surface area contributed by atoms with Gasteiger partial charge in [-0.2, -0.15) is 0 Å². The van der Waals surface area contributed by atoms with E-state index in [4.69, 9.17) is 11.6 Å². The van der Waals surface area contributed by atoms with E-state index in [1.807, 2.05) is 0 Å². The highest BCUT2D eigenvalue weighted by Gasteiger charge is 2.32. The maximum absolute atomic E-state index is 12.8. The number of rotatable bonds is 4. The van der Waals surface area contributed by atoms with Crippen molar-refractivity contribution < 1.29 is 14.4 Å². The third kappa shape index (κ3) is 5.23. The van der Waals surface area contributed by atoms with E-state index in [2.05, 4.69) is 32.9 Å². The number of halogens is 1. The number of nitrogens with one attached hydrogen (secondary N) is 3. The second-order valence-corrected chi connectivity index (χ2v) is 9.45. The van der Waals surface area contributed by atoms with Gasteiger partial charge in [-0.1, -0.05) is 11.6 Å². The molecular weight excluding hydrogens is 438 g/mol. The third-order valence-electron chi connectivity index (χ3n) is 5.57. The van der Waals surface area contributed by atoms with Crippen LogP contribution in [-0.2, 0) is 22.6 Å². The summed E-state index contributed by atoms with van der Waals surface area (Å²) in [5, 5.41) is 9.30. The van der Waals surface area contributed by atoms with Gasteiger partial charge in [0, 0.05) is 47.2 Å². The number of likely N-dealkylation sites (N-methyl/N-ethyl adjacent to an activating group) is 1. The summed E-state index contributed by atoms with van der Waals surface area (Å²) >= 11 is 7.26. The Kier molecular flexibility index (Phi) is 6.54. The molecule has 2 heterocycles. The zero-order valence-electron chi connectivity index (χ0n) is 17.1. The molecule has 3 amide bonds. The molecule has 1 saturated carbocycles. The Bertz CT molecular complexity index is 993. The number of benzene rings is 1. The summed E-state index contributed by atoms with van der Waals surface area (Å²) in [5.74, 6) is -1.70. The van der Waals surface area contributed by atoms with Crippen molar-refractivity contribution in [1.82, 2.24) is 20.5 Å². The molecule has 1 aliphatic carbocycles. The summed E-state index contributed by atoms with van der Waals surface area (Å²) in [6.45, 7) is 1.75. The fourth-order valence-electron chi connectivity index (χ4n) is 3.91. The lowest BCUT2D eigenvalue weighted by Crippen LogP contribution is -2.51. The van der Waals surface area contributed by atoms with Gasteiger partial charge < -0.3 is 20.9 Å². The molecule has 31 heavy (non-hydrogen) atoms. The van der Waals surface area contributed by atoms with Crippen LogP contribution < -0.4 is 16.0 Å². The molecule has 0 bridgehead atoms. The molecule has 0 unspecified atom stereocenters. The van der Waals surface area contributed by atoms with Gasteiger partial charge in [-0.15, -0.1) is 11.3 Å². The minimum atomic E-state index is -0.754. The number of thiazole rings is 1. The van der Waals surface area contributed by atoms with Crippen LogP contribution in [0.15, 0.2) is 24.3 Å². The number of carbonyl (C=O) groups is 3. The van der Waals surface area contributed by atoms with Crippen LogP contribution in [0.3, 0.4) is 0 Å². The molecule has 1 aromatic carbocycles. The first-order chi connectivity index (χ1) is 14.9. The number of hydrogen-bond donors (Lipinski definition) is 3. The van der Waals surface area contributed by atoms with Gasteiger partial charge in [-0.05, 0) is 50.6 Å². The average Bonchev–Trinajstić information content (AvgIpc) is 3.36. The first-order valence-corrected chi connectivity index (χ1v) is 11.4. The smallest absolute Gasteiger partial charge is 0.313 e. The zero-order valence-corrected chi connectivity index (χ0v) is 18.7. The normalized spacial score (nSPS) is 20.7. The van der Waals surface area contributed by atoms with Crippen LogP contribution in [0.4, 0.5) is 5.69 Å². The Balaban J connectivity index is 1.33. The van der Waals surface area contributed by atoms with Crippen LogP contribution >= 0.6 is 22.9 Å². The third-order valence-corrected chi connectivity index (χ3v) is 6.91. The fraction of sp³-hybridized carbons (Fsp3) is 0.429. The lowest BCUT2D eigenvalue weighted by Gasteiger charge is -2.21. The van der Waals surface area contributed by atoms with Gasteiger partial charge in [-0.25, -0.2) is 4.98 Å². The molecule has 2 atom stereocenters. The second-order valence-electron chi connectivity index (χ2n) is 7.93. The van der Waals surface area contributed by atoms with Crippen LogP contribution in [0.2, 0.25) is 5.02 Å². The first kappa shape index (κ1) is 21.7. The van der Waals surface area contributed by atoms with E-state index < -0.39 is 11.8 Å². The minimum Gasteiger partial charge on any atom is -0.345 e. The predicted molar refractivity (Wildman–Crippen MR) is 119 cm³/mol. The van der Waals surface area contributed by atoms with E-state index in [0.717, 1.165) is 42.9 Å². The van der Waals surface area contributed by atoms with Crippen molar-refractivity contribution in [2.24, 2.45) is 0 Å². The number of hydrogen-bond acceptors (Lipinski definition) is 6. The molecule has 2 aromatic rings. The van der Waals surface area contributed by atoms with Gasteiger partial charge in [0.2, 0.25) is 0 Å². The highest BCUT2D eigenvalue weighted by Crippen LogP contribution is 2.25. The number of nitrogens with zero attached hydrogens (tertiary/aromatic N) is 2. The Hall–Kier alpha value is -2.49. The van der Waals surface area contributed by atoms with Crippen molar-refractivity contribution in [2.45, 2.75) is 44.3 Å². The number of amides is 3. The maximum atomic E-state index is 12.8. The van der Waals surface area contributed by atoms with Crippen molar-refractivity contribution in [3.05, 3.63) is 44.9 Å². The molecule has 164 valence electrons. The Labute approximate surface area is 189 Å². The van der Waals surface area contributed by atoms with E-state index in [1.54, 1.807) is 24.3 Å². The van der Waals surface area contributed by atoms with E-state index in [0.29, 0.717) is 22.1 Å². The largest absolute Gasteiger partial charge is 0.345 e. The average molecular weight is 462 g/mol. The van der Waals surface area contributed by atoms with E-state index in [1.165, 1.54) is 11.3 Å². The minimum absolute atomic E-state index is 0.223. The topological polar surface area (TPSA) is 103 Å². The lowest BCUT2D eigenvalue weighted by atomic mass is 10.1. The fourth-order valence-corrected chi connectivity index (χ4v) is 5.13. The molecule has 1 fully saturated rings. The Morgan fingerprint density at radius 3 is 2.55 bits per heavy atom. The van der Waals surface area contributed by atoms with Crippen molar-refractivity contribution in [3.8, 4) is 0 Å². The molecule has 0 radical (unpaired) electrons. The first-order valence-electron chi connectivity index (χ1n) is 10.2. The molecule has 1 aromatic heterocycles. The summed E-state index contributed by atoms with van der Waals surface area (Å²) in [6, 6.07) is 5.98. The summed E-state index contributed by atoms with van der Waals surface area (Å²) in [6.07, 6.45) is 3.14. The number of anilines is 1. The highest BCUT2D eigenvalue weighted by atomic mass is 35.5. The van der Waals surface area contributed by atoms with Crippen LogP contribution in [-0.4, -0.2) is 53.3 Å². The van der Waals surface area contributed by atoms with E-state index >= 15 is 0 Å². The quantitative estimate of drug-likeness (QED) is 0.605. The standard InChI is InChI=1S/C21H24ClN5O3S/c1-27-10-9-16-17(11-27)31-21(26-16)20(30)25-15-4-2-3-14(15)24-19(29)18(28)23-13-7-5-12(22)6-8-13/h5-8,14-15H,2-4,9-11H2,1H3,(H,23,28)(H,24,29)(H,25,30)/t14-,15-/m1/s1. The van der Waals surface area contributed by atoms with Gasteiger partial charge in [0.05, 0.1) is 5.69 Å². The molecule has 3 N–H and O–H groups in total. The Morgan fingerprint density at radius 2 is 1.81 bits per heavy atom. The van der Waals surface area contributed by atoms with Gasteiger partial charge in [-0.3, -0.25) is 14.4 Å². The molecule has 0 spiro atoms. The molecular formula is C21H24ClN5O3S. The molecule has 2 aliphatic rings. The molecule has 10 heteroatoms. The van der Waals surface area contributed by atoms with Crippen LogP contribution in [0.25, 0.3) is 0 Å².